The summed E-state index contributed by atoms with van der Waals surface area (Å²) < 4.78 is 0. The largest absolute Gasteiger partial charge is 0.317 e. The van der Waals surface area contributed by atoms with E-state index in [0.717, 1.165) is 25.2 Å². The fourth-order valence-electron chi connectivity index (χ4n) is 5.15. The van der Waals surface area contributed by atoms with Gasteiger partial charge in [-0.25, -0.2) is 0 Å². The van der Waals surface area contributed by atoms with Gasteiger partial charge in [-0.05, 0) is 56.5 Å². The molecular weight excluding hydrogens is 360 g/mol. The molecule has 0 saturated carbocycles. The molecule has 2 N–H and O–H groups in total. The van der Waals surface area contributed by atoms with Crippen molar-refractivity contribution >= 4 is 11.8 Å². The lowest BCUT2D eigenvalue weighted by Crippen LogP contribution is -2.28. The Hall–Kier alpha value is -0.900. The summed E-state index contributed by atoms with van der Waals surface area (Å²) in [6.45, 7) is 11.1. The molecule has 4 nitrogen and oxygen atoms in total. The molecular formula is C25H46N2O2. The second-order valence-corrected chi connectivity index (χ2v) is 11.0. The molecule has 2 amide bonds. The maximum absolute atomic E-state index is 12.0. The molecule has 1 unspecified atom stereocenters. The quantitative estimate of drug-likeness (QED) is 0.309. The number of hydrogen-bond donors (Lipinski definition) is 2. The van der Waals surface area contributed by atoms with Gasteiger partial charge in [0.2, 0.25) is 11.8 Å². The Morgan fingerprint density at radius 1 is 0.862 bits per heavy atom. The van der Waals surface area contributed by atoms with Gasteiger partial charge in [0.15, 0.2) is 0 Å². The average molecular weight is 407 g/mol. The van der Waals surface area contributed by atoms with Crippen LogP contribution in [0.3, 0.4) is 0 Å². The number of carbonyl (C=O) groups is 2. The number of nitrogens with one attached hydrogen (secondary N) is 2. The fourth-order valence-corrected chi connectivity index (χ4v) is 5.15. The van der Waals surface area contributed by atoms with E-state index in [-0.39, 0.29) is 17.7 Å². The first kappa shape index (κ1) is 24.4. The van der Waals surface area contributed by atoms with Crippen molar-refractivity contribution in [2.45, 2.75) is 111 Å². The number of imide groups is 1. The molecule has 168 valence electrons. The maximum atomic E-state index is 12.0. The smallest absolute Gasteiger partial charge is 0.233 e. The first-order valence-electron chi connectivity index (χ1n) is 12.3. The zero-order chi connectivity index (χ0) is 21.3. The Balaban J connectivity index is 1.49. The summed E-state index contributed by atoms with van der Waals surface area (Å²) in [4.78, 5) is 23.8. The Morgan fingerprint density at radius 2 is 1.41 bits per heavy atom. The van der Waals surface area contributed by atoms with Crippen molar-refractivity contribution in [3.63, 3.8) is 0 Å². The van der Waals surface area contributed by atoms with Gasteiger partial charge in [0.25, 0.3) is 0 Å². The van der Waals surface area contributed by atoms with Crippen molar-refractivity contribution in [1.82, 2.24) is 10.6 Å². The van der Waals surface area contributed by atoms with Crippen molar-refractivity contribution in [2.24, 2.45) is 22.7 Å². The Kier molecular flexibility index (Phi) is 9.65. The third-order valence-corrected chi connectivity index (χ3v) is 7.53. The topological polar surface area (TPSA) is 58.2 Å². The third kappa shape index (κ3) is 8.03. The van der Waals surface area contributed by atoms with E-state index in [9.17, 15) is 9.59 Å². The van der Waals surface area contributed by atoms with Crippen molar-refractivity contribution in [2.75, 3.05) is 13.1 Å². The van der Waals surface area contributed by atoms with Gasteiger partial charge in [0.1, 0.15) is 0 Å². The summed E-state index contributed by atoms with van der Waals surface area (Å²) in [7, 11) is 0. The number of carbonyl (C=O) groups excluding carboxylic acids is 2. The Bertz CT molecular complexity index is 521. The van der Waals surface area contributed by atoms with E-state index >= 15 is 0 Å². The van der Waals surface area contributed by atoms with Crippen LogP contribution >= 0.6 is 0 Å². The summed E-state index contributed by atoms with van der Waals surface area (Å²) in [5.74, 6) is 0.657. The second-order valence-electron chi connectivity index (χ2n) is 11.0. The lowest BCUT2D eigenvalue weighted by atomic mass is 9.77. The Labute approximate surface area is 179 Å². The van der Waals surface area contributed by atoms with Gasteiger partial charge >= 0.3 is 0 Å². The van der Waals surface area contributed by atoms with E-state index in [4.69, 9.17) is 0 Å². The molecule has 2 heterocycles. The SMILES string of the molecule is CC(C)(CCCCCCC1CCNCC1)CCCCCC1C(=O)NC(=O)C1(C)C. The van der Waals surface area contributed by atoms with Crippen LogP contribution < -0.4 is 10.6 Å². The van der Waals surface area contributed by atoms with Crippen LogP contribution in [0.5, 0.6) is 0 Å². The van der Waals surface area contributed by atoms with Crippen molar-refractivity contribution in [1.29, 1.82) is 0 Å². The monoisotopic (exact) mass is 406 g/mol. The second kappa shape index (κ2) is 11.5. The minimum absolute atomic E-state index is 0.0690. The predicted octanol–water partition coefficient (Wildman–Crippen LogP) is 5.60. The van der Waals surface area contributed by atoms with E-state index in [1.165, 1.54) is 77.3 Å². The maximum Gasteiger partial charge on any atom is 0.233 e. The van der Waals surface area contributed by atoms with E-state index < -0.39 is 5.41 Å². The summed E-state index contributed by atoms with van der Waals surface area (Å²) >= 11 is 0. The van der Waals surface area contributed by atoms with Gasteiger partial charge in [-0.1, -0.05) is 79.1 Å². The minimum atomic E-state index is -0.537. The van der Waals surface area contributed by atoms with Crippen LogP contribution in [0.25, 0.3) is 0 Å². The highest BCUT2D eigenvalue weighted by molar-refractivity contribution is 6.06. The van der Waals surface area contributed by atoms with Crippen molar-refractivity contribution < 1.29 is 9.59 Å². The van der Waals surface area contributed by atoms with Crippen molar-refractivity contribution in [3.8, 4) is 0 Å². The van der Waals surface area contributed by atoms with Gasteiger partial charge < -0.3 is 5.32 Å². The molecule has 2 fully saturated rings. The molecule has 0 radical (unpaired) electrons. The standard InChI is InChI=1S/C25H46N2O2/c1-24(2,16-10-6-5-8-12-20-14-18-26-19-15-20)17-11-7-9-13-21-22(28)27-23(29)25(21,3)4/h20-21,26H,5-19H2,1-4H3,(H,27,28,29). The molecule has 0 aliphatic carbocycles. The zero-order valence-corrected chi connectivity index (χ0v) is 19.6. The van der Waals surface area contributed by atoms with Crippen LogP contribution in [-0.2, 0) is 9.59 Å². The lowest BCUT2D eigenvalue weighted by molar-refractivity contribution is -0.127. The normalized spacial score (nSPS) is 22.8. The number of unbranched alkanes of at least 4 members (excludes halogenated alkanes) is 5. The van der Waals surface area contributed by atoms with Gasteiger partial charge in [-0.15, -0.1) is 0 Å². The molecule has 0 bridgehead atoms. The predicted molar refractivity (Wildman–Crippen MR) is 121 cm³/mol. The average Bonchev–Trinajstić information content (AvgIpc) is 2.86. The van der Waals surface area contributed by atoms with Gasteiger partial charge in [0, 0.05) is 0 Å². The molecule has 0 aromatic rings. The minimum Gasteiger partial charge on any atom is -0.317 e. The molecule has 2 saturated heterocycles. The number of rotatable bonds is 13. The van der Waals surface area contributed by atoms with Crippen LogP contribution in [-0.4, -0.2) is 24.9 Å². The van der Waals surface area contributed by atoms with Crippen LogP contribution in [0.2, 0.25) is 0 Å². The van der Waals surface area contributed by atoms with E-state index in [0.29, 0.717) is 5.41 Å². The van der Waals surface area contributed by atoms with E-state index in [1.807, 2.05) is 13.8 Å². The third-order valence-electron chi connectivity index (χ3n) is 7.53. The number of hydrogen-bond acceptors (Lipinski definition) is 3. The molecule has 2 aliphatic rings. The first-order chi connectivity index (χ1) is 13.7. The van der Waals surface area contributed by atoms with Crippen LogP contribution in [0.1, 0.15) is 111 Å². The molecule has 2 aliphatic heterocycles. The van der Waals surface area contributed by atoms with E-state index in [1.54, 1.807) is 0 Å². The molecule has 4 heteroatoms. The zero-order valence-electron chi connectivity index (χ0n) is 19.6. The molecule has 0 aromatic heterocycles. The summed E-state index contributed by atoms with van der Waals surface area (Å²) in [6.07, 6.45) is 16.6. The summed E-state index contributed by atoms with van der Waals surface area (Å²) in [5, 5.41) is 5.95. The van der Waals surface area contributed by atoms with Gasteiger partial charge in [-0.3, -0.25) is 14.9 Å². The lowest BCUT2D eigenvalue weighted by Gasteiger charge is -2.25. The molecule has 0 aromatic carbocycles. The van der Waals surface area contributed by atoms with Crippen LogP contribution in [0.15, 0.2) is 0 Å². The van der Waals surface area contributed by atoms with E-state index in [2.05, 4.69) is 24.5 Å². The number of piperidine rings is 1. The fraction of sp³-hybridized carbons (Fsp3) is 0.920. The van der Waals surface area contributed by atoms with Gasteiger partial charge in [-0.2, -0.15) is 0 Å². The first-order valence-corrected chi connectivity index (χ1v) is 12.3. The van der Waals surface area contributed by atoms with Crippen molar-refractivity contribution in [3.05, 3.63) is 0 Å². The van der Waals surface area contributed by atoms with Gasteiger partial charge in [0.05, 0.1) is 11.3 Å². The number of amides is 2. The summed E-state index contributed by atoms with van der Waals surface area (Å²) in [5.41, 5.74) is -0.112. The van der Waals surface area contributed by atoms with Crippen LogP contribution in [0.4, 0.5) is 0 Å². The Morgan fingerprint density at radius 3 is 2.00 bits per heavy atom. The molecule has 0 spiro atoms. The molecule has 1 atom stereocenters. The highest BCUT2D eigenvalue weighted by Gasteiger charge is 2.47. The highest BCUT2D eigenvalue weighted by Crippen LogP contribution is 2.36. The van der Waals surface area contributed by atoms with Crippen LogP contribution in [0, 0.1) is 22.7 Å². The summed E-state index contributed by atoms with van der Waals surface area (Å²) in [6, 6.07) is 0. The molecule has 29 heavy (non-hydrogen) atoms. The highest BCUT2D eigenvalue weighted by atomic mass is 16.2. The molecule has 2 rings (SSSR count).